The summed E-state index contributed by atoms with van der Waals surface area (Å²) in [6.07, 6.45) is -16.8. The summed E-state index contributed by atoms with van der Waals surface area (Å²) < 4.78 is 69.9. The molecule has 0 unspecified atom stereocenters. The SMILES string of the molecule is OC(F)(F)C(C(O)(F)F)C(O)(F)F. The van der Waals surface area contributed by atoms with E-state index >= 15 is 0 Å². The van der Waals surface area contributed by atoms with E-state index < -0.39 is 24.2 Å². The van der Waals surface area contributed by atoms with Crippen LogP contribution in [-0.2, 0) is 0 Å². The van der Waals surface area contributed by atoms with Crippen molar-refractivity contribution in [1.82, 2.24) is 0 Å². The summed E-state index contributed by atoms with van der Waals surface area (Å²) in [5.74, 6) is -4.60. The zero-order chi connectivity index (χ0) is 11.1. The number of alkyl halides is 6. The Bertz CT molecular complexity index is 143. The van der Waals surface area contributed by atoms with Crippen molar-refractivity contribution in [2.24, 2.45) is 5.92 Å². The van der Waals surface area contributed by atoms with Crippen molar-refractivity contribution in [3.63, 3.8) is 0 Å². The predicted octanol–water partition coefficient (Wildman–Crippen LogP) is 0.358. The molecular weight excluding hydrogens is 210 g/mol. The monoisotopic (exact) mass is 214 g/mol. The number of hydrogen-bond donors (Lipinski definition) is 3. The smallest absolute Gasteiger partial charge is 0.336 e. The van der Waals surface area contributed by atoms with Crippen LogP contribution in [0.3, 0.4) is 0 Å². The first kappa shape index (κ1) is 12.5. The maximum atomic E-state index is 11.7. The van der Waals surface area contributed by atoms with Crippen molar-refractivity contribution in [1.29, 1.82) is 0 Å². The van der Waals surface area contributed by atoms with Crippen molar-refractivity contribution < 1.29 is 41.7 Å². The summed E-state index contributed by atoms with van der Waals surface area (Å²) in [4.78, 5) is 0. The molecule has 0 spiro atoms. The molecule has 0 aromatic carbocycles. The Morgan fingerprint density at radius 2 is 0.769 bits per heavy atom. The van der Waals surface area contributed by atoms with Gasteiger partial charge in [0.05, 0.1) is 0 Å². The zero-order valence-corrected chi connectivity index (χ0v) is 5.69. The van der Waals surface area contributed by atoms with Crippen LogP contribution >= 0.6 is 0 Å². The van der Waals surface area contributed by atoms with Gasteiger partial charge in [-0.15, -0.1) is 0 Å². The van der Waals surface area contributed by atoms with E-state index in [9.17, 15) is 26.3 Å². The molecule has 0 bridgehead atoms. The lowest BCUT2D eigenvalue weighted by molar-refractivity contribution is -0.421. The largest absolute Gasteiger partial charge is 0.373 e. The van der Waals surface area contributed by atoms with Gasteiger partial charge in [-0.25, -0.2) is 0 Å². The quantitative estimate of drug-likeness (QED) is 0.594. The third-order valence-corrected chi connectivity index (χ3v) is 1.04. The Morgan fingerprint density at radius 1 is 0.615 bits per heavy atom. The molecule has 0 amide bonds. The van der Waals surface area contributed by atoms with Gasteiger partial charge in [-0.05, 0) is 0 Å². The van der Waals surface area contributed by atoms with Gasteiger partial charge < -0.3 is 15.3 Å². The average Bonchev–Trinajstić information content (AvgIpc) is 1.44. The molecule has 0 saturated heterocycles. The minimum Gasteiger partial charge on any atom is -0.336 e. The minimum absolute atomic E-state index is 4.60. The summed E-state index contributed by atoms with van der Waals surface area (Å²) in [6, 6.07) is 0. The predicted molar refractivity (Wildman–Crippen MR) is 25.0 cm³/mol. The van der Waals surface area contributed by atoms with E-state index in [0.717, 1.165) is 0 Å². The van der Waals surface area contributed by atoms with Crippen molar-refractivity contribution >= 4 is 0 Å². The van der Waals surface area contributed by atoms with Crippen LogP contribution < -0.4 is 0 Å². The van der Waals surface area contributed by atoms with Crippen molar-refractivity contribution in [2.75, 3.05) is 0 Å². The lowest BCUT2D eigenvalue weighted by Crippen LogP contribution is -2.52. The lowest BCUT2D eigenvalue weighted by Gasteiger charge is -2.28. The standard InChI is InChI=1S/C4H4F6O3/c5-2(6,11)1(3(7,8)12)4(9,10)13/h1,11-13H. The van der Waals surface area contributed by atoms with E-state index in [4.69, 9.17) is 15.3 Å². The second kappa shape index (κ2) is 3.00. The zero-order valence-electron chi connectivity index (χ0n) is 5.69. The van der Waals surface area contributed by atoms with Crippen LogP contribution in [0.4, 0.5) is 26.3 Å². The van der Waals surface area contributed by atoms with Crippen LogP contribution in [-0.4, -0.2) is 33.6 Å². The van der Waals surface area contributed by atoms with Crippen LogP contribution in [0, 0.1) is 5.92 Å². The Balaban J connectivity index is 5.02. The molecule has 13 heavy (non-hydrogen) atoms. The van der Waals surface area contributed by atoms with E-state index in [1.807, 2.05) is 0 Å². The third-order valence-electron chi connectivity index (χ3n) is 1.04. The van der Waals surface area contributed by atoms with Gasteiger partial charge in [0.2, 0.25) is 5.92 Å². The van der Waals surface area contributed by atoms with Crippen LogP contribution in [0.2, 0.25) is 0 Å². The van der Waals surface area contributed by atoms with E-state index in [0.29, 0.717) is 0 Å². The summed E-state index contributed by atoms with van der Waals surface area (Å²) in [5, 5.41) is 22.6. The molecule has 0 aliphatic rings. The third kappa shape index (κ3) is 3.36. The number of halogens is 6. The molecule has 0 aromatic heterocycles. The molecule has 0 fully saturated rings. The van der Waals surface area contributed by atoms with Gasteiger partial charge in [0.25, 0.3) is 0 Å². The van der Waals surface area contributed by atoms with Gasteiger partial charge in [-0.1, -0.05) is 0 Å². The number of rotatable bonds is 3. The lowest BCUT2D eigenvalue weighted by atomic mass is 10.1. The average molecular weight is 214 g/mol. The normalized spacial score (nSPS) is 15.2. The van der Waals surface area contributed by atoms with E-state index in [1.54, 1.807) is 0 Å². The number of hydrogen-bond acceptors (Lipinski definition) is 3. The highest BCUT2D eigenvalue weighted by Gasteiger charge is 2.66. The Morgan fingerprint density at radius 3 is 0.769 bits per heavy atom. The Hall–Kier alpha value is -0.540. The molecular formula is C4H4F6O3. The highest BCUT2D eigenvalue weighted by Crippen LogP contribution is 2.42. The van der Waals surface area contributed by atoms with Crippen molar-refractivity contribution in [3.05, 3.63) is 0 Å². The Kier molecular flexibility index (Phi) is 2.87. The van der Waals surface area contributed by atoms with Crippen molar-refractivity contribution in [3.8, 4) is 0 Å². The summed E-state index contributed by atoms with van der Waals surface area (Å²) in [7, 11) is 0. The van der Waals surface area contributed by atoms with Crippen LogP contribution in [0.25, 0.3) is 0 Å². The molecule has 9 heteroatoms. The van der Waals surface area contributed by atoms with Gasteiger partial charge in [-0.3, -0.25) is 0 Å². The molecule has 0 rings (SSSR count). The van der Waals surface area contributed by atoms with Gasteiger partial charge >= 0.3 is 18.3 Å². The van der Waals surface area contributed by atoms with E-state index in [1.165, 1.54) is 0 Å². The Labute approximate surface area is 67.2 Å². The molecule has 0 radical (unpaired) electrons. The van der Waals surface area contributed by atoms with E-state index in [-0.39, 0.29) is 0 Å². The molecule has 3 N–H and O–H groups in total. The fourth-order valence-electron chi connectivity index (χ4n) is 0.627. The fraction of sp³-hybridized carbons (Fsp3) is 1.00. The molecule has 0 aliphatic carbocycles. The summed E-state index contributed by atoms with van der Waals surface area (Å²) >= 11 is 0. The molecule has 0 atom stereocenters. The molecule has 0 aromatic rings. The fourth-order valence-corrected chi connectivity index (χ4v) is 0.627. The number of aliphatic hydroxyl groups is 3. The van der Waals surface area contributed by atoms with Gasteiger partial charge in [0.1, 0.15) is 0 Å². The maximum absolute atomic E-state index is 11.7. The first-order chi connectivity index (χ1) is 5.37. The molecule has 0 saturated carbocycles. The van der Waals surface area contributed by atoms with Crippen molar-refractivity contribution in [2.45, 2.75) is 18.3 Å². The topological polar surface area (TPSA) is 60.7 Å². The second-order valence-electron chi connectivity index (χ2n) is 2.20. The van der Waals surface area contributed by atoms with E-state index in [2.05, 4.69) is 0 Å². The molecule has 80 valence electrons. The van der Waals surface area contributed by atoms with Gasteiger partial charge in [0, 0.05) is 0 Å². The summed E-state index contributed by atoms with van der Waals surface area (Å²) in [6.45, 7) is 0. The van der Waals surface area contributed by atoms with Crippen LogP contribution in [0.15, 0.2) is 0 Å². The maximum Gasteiger partial charge on any atom is 0.373 e. The van der Waals surface area contributed by atoms with Crippen LogP contribution in [0.1, 0.15) is 0 Å². The summed E-state index contributed by atoms with van der Waals surface area (Å²) in [5.41, 5.74) is 0. The molecule has 0 heterocycles. The van der Waals surface area contributed by atoms with Gasteiger partial charge in [-0.2, -0.15) is 26.3 Å². The highest BCUT2D eigenvalue weighted by atomic mass is 19.3. The molecule has 3 nitrogen and oxygen atoms in total. The second-order valence-corrected chi connectivity index (χ2v) is 2.20. The first-order valence-corrected chi connectivity index (χ1v) is 2.67. The molecule has 0 aliphatic heterocycles. The van der Waals surface area contributed by atoms with Gasteiger partial charge in [0.15, 0.2) is 0 Å². The highest BCUT2D eigenvalue weighted by molar-refractivity contribution is 4.80. The first-order valence-electron chi connectivity index (χ1n) is 2.67. The minimum atomic E-state index is -5.61. The van der Waals surface area contributed by atoms with Crippen LogP contribution in [0.5, 0.6) is 0 Å².